The van der Waals surface area contributed by atoms with E-state index in [0.717, 1.165) is 5.56 Å². The number of carbonyl (C=O) groups is 2. The minimum Gasteiger partial charge on any atom is -0.465 e. The first-order chi connectivity index (χ1) is 11.7. The summed E-state index contributed by atoms with van der Waals surface area (Å²) in [6.45, 7) is 0.706. The molecule has 1 N–H and O–H groups in total. The summed E-state index contributed by atoms with van der Waals surface area (Å²) < 4.78 is 9.72. The molecule has 1 amide bonds. The van der Waals surface area contributed by atoms with Crippen LogP contribution in [0.15, 0.2) is 42.6 Å². The van der Waals surface area contributed by atoms with E-state index in [9.17, 15) is 9.59 Å². The van der Waals surface area contributed by atoms with Crippen LogP contribution in [0.4, 0.5) is 4.79 Å². The van der Waals surface area contributed by atoms with Gasteiger partial charge >= 0.3 is 12.1 Å². The quantitative estimate of drug-likeness (QED) is 0.615. The van der Waals surface area contributed by atoms with E-state index in [2.05, 4.69) is 15.0 Å². The highest BCUT2D eigenvalue weighted by Crippen LogP contribution is 2.15. The lowest BCUT2D eigenvalue weighted by Crippen LogP contribution is -2.24. The van der Waals surface area contributed by atoms with Crippen molar-refractivity contribution in [3.05, 3.63) is 58.1 Å². The van der Waals surface area contributed by atoms with E-state index in [1.807, 2.05) is 36.4 Å². The zero-order chi connectivity index (χ0) is 17.2. The maximum Gasteiger partial charge on any atom is 0.407 e. The molecule has 0 aliphatic carbocycles. The van der Waals surface area contributed by atoms with Crippen molar-refractivity contribution in [1.82, 2.24) is 10.3 Å². The van der Waals surface area contributed by atoms with Crippen LogP contribution in [0.5, 0.6) is 0 Å². The predicted octanol–water partition coefficient (Wildman–Crippen LogP) is 3.26. The highest BCUT2D eigenvalue weighted by molar-refractivity contribution is 7.14. The maximum atomic E-state index is 11.5. The zero-order valence-electron chi connectivity index (χ0n) is 13.2. The number of benzene rings is 1. The van der Waals surface area contributed by atoms with Gasteiger partial charge in [-0.05, 0) is 18.1 Å². The summed E-state index contributed by atoms with van der Waals surface area (Å²) in [6.07, 6.45) is 5.34. The number of amides is 1. The number of esters is 1. The summed E-state index contributed by atoms with van der Waals surface area (Å²) in [5.41, 5.74) is 0.942. The molecule has 1 heterocycles. The summed E-state index contributed by atoms with van der Waals surface area (Å²) >= 11 is 1.25. The van der Waals surface area contributed by atoms with Gasteiger partial charge < -0.3 is 14.8 Å². The lowest BCUT2D eigenvalue weighted by atomic mass is 10.2. The van der Waals surface area contributed by atoms with Gasteiger partial charge in [-0.25, -0.2) is 14.6 Å². The van der Waals surface area contributed by atoms with Gasteiger partial charge in [0, 0.05) is 6.54 Å². The number of nitrogens with zero attached hydrogens (tertiary/aromatic N) is 1. The number of aromatic nitrogens is 1. The minimum atomic E-state index is -0.450. The molecule has 6 nitrogen and oxygen atoms in total. The van der Waals surface area contributed by atoms with Crippen molar-refractivity contribution in [2.45, 2.75) is 13.0 Å². The van der Waals surface area contributed by atoms with Gasteiger partial charge in [0.25, 0.3) is 0 Å². The summed E-state index contributed by atoms with van der Waals surface area (Å²) in [7, 11) is 1.33. The molecule has 0 radical (unpaired) electrons. The normalized spacial score (nSPS) is 10.5. The number of ether oxygens (including phenoxy) is 2. The summed E-state index contributed by atoms with van der Waals surface area (Å²) in [5, 5.41) is 3.38. The van der Waals surface area contributed by atoms with Crippen LogP contribution in [0.25, 0.3) is 6.08 Å². The van der Waals surface area contributed by atoms with E-state index in [0.29, 0.717) is 22.9 Å². The number of alkyl carbamates (subject to hydrolysis) is 1. The Morgan fingerprint density at radius 2 is 2.08 bits per heavy atom. The Kier molecular flexibility index (Phi) is 6.97. The molecule has 1 aromatic heterocycles. The lowest BCUT2D eigenvalue weighted by molar-refractivity contribution is 0.0606. The predicted molar refractivity (Wildman–Crippen MR) is 91.7 cm³/mol. The fourth-order valence-electron chi connectivity index (χ4n) is 1.78. The minimum absolute atomic E-state index is 0.248. The number of methoxy groups -OCH3 is 1. The third kappa shape index (κ3) is 5.85. The van der Waals surface area contributed by atoms with E-state index in [1.165, 1.54) is 24.6 Å². The van der Waals surface area contributed by atoms with Gasteiger partial charge in [0.15, 0.2) is 0 Å². The number of carbonyl (C=O) groups excluding carboxylic acids is 2. The summed E-state index contributed by atoms with van der Waals surface area (Å²) in [5.74, 6) is -0.394. The van der Waals surface area contributed by atoms with Gasteiger partial charge in [-0.2, -0.15) is 0 Å². The molecule has 0 bridgehead atoms. The fraction of sp³-hybridized carbons (Fsp3) is 0.235. The second-order valence-corrected chi connectivity index (χ2v) is 5.80. The molecule has 0 saturated heterocycles. The van der Waals surface area contributed by atoms with Crippen LogP contribution in [0.1, 0.15) is 26.7 Å². The van der Waals surface area contributed by atoms with Gasteiger partial charge in [-0.15, -0.1) is 11.3 Å². The van der Waals surface area contributed by atoms with Crippen LogP contribution in [0.3, 0.4) is 0 Å². The van der Waals surface area contributed by atoms with Crippen molar-refractivity contribution in [3.63, 3.8) is 0 Å². The molecule has 2 rings (SSSR count). The summed E-state index contributed by atoms with van der Waals surface area (Å²) in [4.78, 5) is 27.4. The Hall–Kier alpha value is -2.67. The van der Waals surface area contributed by atoms with E-state index >= 15 is 0 Å². The van der Waals surface area contributed by atoms with Gasteiger partial charge in [0.05, 0.1) is 13.3 Å². The Balaban J connectivity index is 1.64. The molecule has 0 aliphatic rings. The Morgan fingerprint density at radius 3 is 2.83 bits per heavy atom. The maximum absolute atomic E-state index is 11.5. The van der Waals surface area contributed by atoms with Crippen molar-refractivity contribution in [3.8, 4) is 0 Å². The number of thiazole rings is 1. The van der Waals surface area contributed by atoms with E-state index < -0.39 is 12.1 Å². The van der Waals surface area contributed by atoms with E-state index in [4.69, 9.17) is 4.74 Å². The molecule has 0 atom stereocenters. The smallest absolute Gasteiger partial charge is 0.407 e. The molecular weight excluding hydrogens is 328 g/mol. The fourth-order valence-corrected chi connectivity index (χ4v) is 2.54. The molecule has 126 valence electrons. The van der Waals surface area contributed by atoms with Crippen LogP contribution in [-0.2, 0) is 16.1 Å². The van der Waals surface area contributed by atoms with Crippen LogP contribution in [0, 0.1) is 0 Å². The third-order valence-electron chi connectivity index (χ3n) is 2.96. The van der Waals surface area contributed by atoms with Gasteiger partial charge in [-0.1, -0.05) is 36.4 Å². The average molecular weight is 346 g/mol. The first-order valence-electron chi connectivity index (χ1n) is 7.34. The largest absolute Gasteiger partial charge is 0.465 e. The van der Waals surface area contributed by atoms with Crippen molar-refractivity contribution in [2.24, 2.45) is 0 Å². The van der Waals surface area contributed by atoms with E-state index in [-0.39, 0.29) is 6.61 Å². The second kappa shape index (κ2) is 9.46. The Labute approximate surface area is 144 Å². The van der Waals surface area contributed by atoms with Crippen LogP contribution < -0.4 is 5.32 Å². The lowest BCUT2D eigenvalue weighted by Gasteiger charge is -2.05. The molecule has 24 heavy (non-hydrogen) atoms. The molecule has 1 aromatic carbocycles. The molecular formula is C17H18N2O4S. The van der Waals surface area contributed by atoms with Crippen LogP contribution in [0.2, 0.25) is 0 Å². The molecule has 0 saturated carbocycles. The molecule has 7 heteroatoms. The monoisotopic (exact) mass is 346 g/mol. The molecule has 0 unspecified atom stereocenters. The highest BCUT2D eigenvalue weighted by atomic mass is 32.1. The topological polar surface area (TPSA) is 77.5 Å². The Bertz CT molecular complexity index is 698. The van der Waals surface area contributed by atoms with Crippen LogP contribution in [-0.4, -0.2) is 30.7 Å². The summed E-state index contributed by atoms with van der Waals surface area (Å²) in [6, 6.07) is 9.49. The van der Waals surface area contributed by atoms with Gasteiger partial charge in [0.2, 0.25) is 0 Å². The van der Waals surface area contributed by atoms with Gasteiger partial charge in [0.1, 0.15) is 16.5 Å². The molecule has 2 aromatic rings. The van der Waals surface area contributed by atoms with Crippen molar-refractivity contribution in [1.29, 1.82) is 0 Å². The average Bonchev–Trinajstić information content (AvgIpc) is 3.09. The van der Waals surface area contributed by atoms with E-state index in [1.54, 1.807) is 6.08 Å². The first-order valence-corrected chi connectivity index (χ1v) is 8.16. The molecule has 0 aliphatic heterocycles. The number of nitrogens with one attached hydrogen (secondary N) is 1. The number of rotatable bonds is 7. The Morgan fingerprint density at radius 1 is 1.29 bits per heavy atom. The SMILES string of the molecule is COC(=O)c1cnc(C=CCCNC(=O)OCc2ccccc2)s1. The van der Waals surface area contributed by atoms with Crippen molar-refractivity contribution >= 4 is 29.5 Å². The second-order valence-electron chi connectivity index (χ2n) is 4.73. The van der Waals surface area contributed by atoms with Gasteiger partial charge in [-0.3, -0.25) is 0 Å². The molecule has 0 spiro atoms. The standard InChI is InChI=1S/C17H18N2O4S/c1-22-16(20)14-11-19-15(24-14)9-5-6-10-18-17(21)23-12-13-7-3-2-4-8-13/h2-5,7-9,11H,6,10,12H2,1H3,(H,18,21). The zero-order valence-corrected chi connectivity index (χ0v) is 14.0. The highest BCUT2D eigenvalue weighted by Gasteiger charge is 2.08. The molecule has 0 fully saturated rings. The van der Waals surface area contributed by atoms with Crippen LogP contribution >= 0.6 is 11.3 Å². The number of hydrogen-bond acceptors (Lipinski definition) is 6. The third-order valence-corrected chi connectivity index (χ3v) is 3.91. The van der Waals surface area contributed by atoms with Crippen molar-refractivity contribution in [2.75, 3.05) is 13.7 Å². The number of hydrogen-bond donors (Lipinski definition) is 1. The van der Waals surface area contributed by atoms with Crippen molar-refractivity contribution < 1.29 is 19.1 Å². The first kappa shape index (κ1) is 17.7.